The van der Waals surface area contributed by atoms with Gasteiger partial charge in [0.15, 0.2) is 6.61 Å². The molecule has 11 heteroatoms. The number of nitrogens with two attached hydrogens (primary N) is 1. The predicted molar refractivity (Wildman–Crippen MR) is 125 cm³/mol. The van der Waals surface area contributed by atoms with E-state index in [1.54, 1.807) is 30.5 Å². The molecule has 33 heavy (non-hydrogen) atoms. The number of esters is 1. The maximum atomic E-state index is 12.9. The zero-order valence-electron chi connectivity index (χ0n) is 17.7. The summed E-state index contributed by atoms with van der Waals surface area (Å²) in [5.41, 5.74) is 7.04. The molecule has 0 spiro atoms. The molecule has 3 aromatic rings. The first kappa shape index (κ1) is 24.0. The Morgan fingerprint density at radius 1 is 1.06 bits per heavy atom. The summed E-state index contributed by atoms with van der Waals surface area (Å²) in [4.78, 5) is 35.8. The molecule has 0 bridgehead atoms. The van der Waals surface area contributed by atoms with E-state index in [2.05, 4.69) is 10.0 Å². The van der Waals surface area contributed by atoms with E-state index < -0.39 is 34.4 Å². The maximum Gasteiger partial charge on any atom is 0.338 e. The van der Waals surface area contributed by atoms with Crippen LogP contribution in [0.25, 0.3) is 0 Å². The number of carbonyl (C=O) groups excluding carboxylic acids is 3. The fourth-order valence-electron chi connectivity index (χ4n) is 2.91. The minimum Gasteiger partial charge on any atom is -0.452 e. The van der Waals surface area contributed by atoms with Crippen LogP contribution in [-0.4, -0.2) is 32.8 Å². The number of rotatable bonds is 8. The lowest BCUT2D eigenvalue weighted by molar-refractivity contribution is -0.119. The summed E-state index contributed by atoms with van der Waals surface area (Å²) in [6.45, 7) is 2.81. The molecule has 0 radical (unpaired) electrons. The number of primary amides is 1. The number of benzene rings is 2. The average molecular weight is 488 g/mol. The number of hydrogen-bond acceptors (Lipinski definition) is 7. The van der Waals surface area contributed by atoms with Gasteiger partial charge in [-0.1, -0.05) is 18.2 Å². The maximum absolute atomic E-state index is 12.9. The summed E-state index contributed by atoms with van der Waals surface area (Å²) in [5.74, 6) is -2.25. The Morgan fingerprint density at radius 3 is 2.52 bits per heavy atom. The van der Waals surface area contributed by atoms with Crippen molar-refractivity contribution < 1.29 is 27.5 Å². The summed E-state index contributed by atoms with van der Waals surface area (Å²) in [6, 6.07) is 12.4. The molecule has 2 amide bonds. The first-order valence-corrected chi connectivity index (χ1v) is 12.0. The summed E-state index contributed by atoms with van der Waals surface area (Å²) in [6.07, 6.45) is 0. The molecule has 0 unspecified atom stereocenters. The Balaban J connectivity index is 1.70. The second kappa shape index (κ2) is 9.84. The van der Waals surface area contributed by atoms with Crippen molar-refractivity contribution in [1.82, 2.24) is 0 Å². The number of nitrogens with one attached hydrogen (secondary N) is 2. The minimum absolute atomic E-state index is 0.0352. The molecule has 0 aliphatic heterocycles. The zero-order valence-corrected chi connectivity index (χ0v) is 19.4. The van der Waals surface area contributed by atoms with E-state index in [1.807, 2.05) is 13.0 Å². The lowest BCUT2D eigenvalue weighted by atomic mass is 10.1. The second-order valence-electron chi connectivity index (χ2n) is 7.11. The molecule has 3 rings (SSSR count). The van der Waals surface area contributed by atoms with Gasteiger partial charge in [0.25, 0.3) is 21.8 Å². The molecule has 9 nitrogen and oxygen atoms in total. The van der Waals surface area contributed by atoms with Crippen LogP contribution in [0.5, 0.6) is 0 Å². The van der Waals surface area contributed by atoms with Gasteiger partial charge in [-0.05, 0) is 60.7 Å². The lowest BCUT2D eigenvalue weighted by Crippen LogP contribution is -2.22. The predicted octanol–water partition coefficient (Wildman–Crippen LogP) is 3.06. The molecule has 4 N–H and O–H groups in total. The van der Waals surface area contributed by atoms with E-state index in [0.29, 0.717) is 11.3 Å². The molecular weight excluding hydrogens is 466 g/mol. The number of ether oxygens (including phenoxy) is 1. The highest BCUT2D eigenvalue weighted by Gasteiger charge is 2.21. The average Bonchev–Trinajstić information content (AvgIpc) is 3.20. The van der Waals surface area contributed by atoms with Gasteiger partial charge in [-0.2, -0.15) is 0 Å². The van der Waals surface area contributed by atoms with E-state index in [-0.39, 0.29) is 21.0 Å². The van der Waals surface area contributed by atoms with Crippen molar-refractivity contribution in [1.29, 1.82) is 0 Å². The van der Waals surface area contributed by atoms with Crippen LogP contribution < -0.4 is 15.8 Å². The topological polar surface area (TPSA) is 145 Å². The monoisotopic (exact) mass is 487 g/mol. The van der Waals surface area contributed by atoms with Gasteiger partial charge in [0.05, 0.1) is 16.0 Å². The largest absolute Gasteiger partial charge is 0.452 e. The highest BCUT2D eigenvalue weighted by Crippen LogP contribution is 2.23. The van der Waals surface area contributed by atoms with E-state index in [9.17, 15) is 22.8 Å². The van der Waals surface area contributed by atoms with Gasteiger partial charge in [-0.25, -0.2) is 13.2 Å². The fraction of sp³-hybridized carbons (Fsp3) is 0.136. The fourth-order valence-corrected chi connectivity index (χ4v) is 5.04. The van der Waals surface area contributed by atoms with Crippen molar-refractivity contribution in [2.24, 2.45) is 5.73 Å². The third-order valence-electron chi connectivity index (χ3n) is 4.50. The molecule has 172 valence electrons. The summed E-state index contributed by atoms with van der Waals surface area (Å²) in [5, 5.41) is 4.28. The van der Waals surface area contributed by atoms with Crippen molar-refractivity contribution in [3.8, 4) is 0 Å². The van der Waals surface area contributed by atoms with E-state index in [0.717, 1.165) is 16.9 Å². The molecule has 0 saturated carbocycles. The Kier molecular flexibility index (Phi) is 7.14. The number of carbonyl (C=O) groups is 3. The van der Waals surface area contributed by atoms with Gasteiger partial charge in [0.1, 0.15) is 5.00 Å². The number of sulfonamides is 1. The summed E-state index contributed by atoms with van der Waals surface area (Å²) >= 11 is 1.10. The first-order chi connectivity index (χ1) is 15.6. The number of anilines is 2. The van der Waals surface area contributed by atoms with Gasteiger partial charge < -0.3 is 15.8 Å². The van der Waals surface area contributed by atoms with E-state index >= 15 is 0 Å². The van der Waals surface area contributed by atoms with Crippen LogP contribution in [0.2, 0.25) is 0 Å². The van der Waals surface area contributed by atoms with Crippen molar-refractivity contribution in [2.75, 3.05) is 16.6 Å². The zero-order chi connectivity index (χ0) is 24.2. The molecular formula is C22H21N3O6S2. The highest BCUT2D eigenvalue weighted by molar-refractivity contribution is 7.92. The van der Waals surface area contributed by atoms with Crippen LogP contribution >= 0.6 is 11.3 Å². The van der Waals surface area contributed by atoms with Crippen LogP contribution in [0.15, 0.2) is 58.8 Å². The first-order valence-electron chi connectivity index (χ1n) is 9.61. The van der Waals surface area contributed by atoms with Crippen LogP contribution in [0.4, 0.5) is 10.7 Å². The highest BCUT2D eigenvalue weighted by atomic mass is 32.2. The lowest BCUT2D eigenvalue weighted by Gasteiger charge is -2.12. The Morgan fingerprint density at radius 2 is 1.82 bits per heavy atom. The standard InChI is InChI=1S/C22H21N3O6S2/c1-13-4-3-5-16(10-13)25-33(29,30)18-11-15(7-6-14(18)2)22(28)31-12-19(26)24-21-17(20(23)27)8-9-32-21/h3-11,25H,12H2,1-2H3,(H2,23,27)(H,24,26). The molecule has 0 fully saturated rings. The third kappa shape index (κ3) is 5.96. The van der Waals surface area contributed by atoms with Crippen LogP contribution in [-0.2, 0) is 19.6 Å². The number of amides is 2. The Labute approximate surface area is 194 Å². The van der Waals surface area contributed by atoms with Crippen molar-refractivity contribution in [3.63, 3.8) is 0 Å². The quantitative estimate of drug-likeness (QED) is 0.417. The van der Waals surface area contributed by atoms with Gasteiger partial charge >= 0.3 is 5.97 Å². The second-order valence-corrected chi connectivity index (χ2v) is 9.67. The summed E-state index contributed by atoms with van der Waals surface area (Å²) < 4.78 is 33.2. The van der Waals surface area contributed by atoms with Gasteiger partial charge in [-0.3, -0.25) is 14.3 Å². The molecule has 0 atom stereocenters. The van der Waals surface area contributed by atoms with Gasteiger partial charge in [-0.15, -0.1) is 11.3 Å². The number of thiophene rings is 1. The molecule has 0 aliphatic rings. The van der Waals surface area contributed by atoms with E-state index in [1.165, 1.54) is 24.3 Å². The van der Waals surface area contributed by atoms with Crippen LogP contribution in [0.1, 0.15) is 31.8 Å². The smallest absolute Gasteiger partial charge is 0.338 e. The molecule has 1 heterocycles. The molecule has 2 aromatic carbocycles. The van der Waals surface area contributed by atoms with Crippen molar-refractivity contribution in [3.05, 3.63) is 76.2 Å². The van der Waals surface area contributed by atoms with E-state index in [4.69, 9.17) is 10.5 Å². The van der Waals surface area contributed by atoms with Crippen LogP contribution in [0.3, 0.4) is 0 Å². The summed E-state index contributed by atoms with van der Waals surface area (Å²) in [7, 11) is -3.97. The van der Waals surface area contributed by atoms with Crippen molar-refractivity contribution in [2.45, 2.75) is 18.7 Å². The normalized spacial score (nSPS) is 11.0. The number of hydrogen-bond donors (Lipinski definition) is 3. The SMILES string of the molecule is Cc1cccc(NS(=O)(=O)c2cc(C(=O)OCC(=O)Nc3sccc3C(N)=O)ccc2C)c1. The van der Waals surface area contributed by atoms with Gasteiger partial charge in [0.2, 0.25) is 0 Å². The molecule has 0 aliphatic carbocycles. The van der Waals surface area contributed by atoms with Crippen LogP contribution in [0, 0.1) is 13.8 Å². The minimum atomic E-state index is -3.97. The van der Waals surface area contributed by atoms with Gasteiger partial charge in [0, 0.05) is 5.69 Å². The molecule has 1 aromatic heterocycles. The Hall–Kier alpha value is -3.70. The third-order valence-corrected chi connectivity index (χ3v) is 6.85. The Bertz CT molecular complexity index is 1330. The molecule has 0 saturated heterocycles. The number of aryl methyl sites for hydroxylation is 2. The van der Waals surface area contributed by atoms with Crippen molar-refractivity contribution >= 4 is 49.8 Å².